The maximum absolute atomic E-state index is 13.4. The zero-order chi connectivity index (χ0) is 19.6. The van der Waals surface area contributed by atoms with Gasteiger partial charge in [0.1, 0.15) is 17.2 Å². The molecule has 0 aliphatic heterocycles. The Morgan fingerprint density at radius 2 is 1.89 bits per heavy atom. The van der Waals surface area contributed by atoms with E-state index in [2.05, 4.69) is 10.6 Å². The van der Waals surface area contributed by atoms with E-state index < -0.39 is 18.0 Å². The second-order valence-corrected chi connectivity index (χ2v) is 6.60. The lowest BCUT2D eigenvalue weighted by Gasteiger charge is -2.20. The molecule has 3 rings (SSSR count). The van der Waals surface area contributed by atoms with Gasteiger partial charge in [-0.05, 0) is 48.4 Å². The molecule has 1 heterocycles. The molecule has 4 N–H and O–H groups in total. The molecule has 2 aromatic carbocycles. The van der Waals surface area contributed by atoms with E-state index in [0.717, 1.165) is 0 Å². The van der Waals surface area contributed by atoms with Crippen LogP contribution in [0.4, 0.5) is 14.9 Å². The van der Waals surface area contributed by atoms with E-state index in [1.54, 1.807) is 30.3 Å². The summed E-state index contributed by atoms with van der Waals surface area (Å²) < 4.78 is 19.2. The third-order valence-corrected chi connectivity index (χ3v) is 4.16. The van der Waals surface area contributed by atoms with Gasteiger partial charge in [0.15, 0.2) is 0 Å². The van der Waals surface area contributed by atoms with Crippen molar-refractivity contribution in [2.45, 2.75) is 19.9 Å². The van der Waals surface area contributed by atoms with Gasteiger partial charge in [0.05, 0.1) is 6.04 Å². The summed E-state index contributed by atoms with van der Waals surface area (Å²) in [6.07, 6.45) is 0. The van der Waals surface area contributed by atoms with Gasteiger partial charge in [0, 0.05) is 16.6 Å². The number of benzene rings is 2. The van der Waals surface area contributed by atoms with Gasteiger partial charge in [0.2, 0.25) is 5.91 Å². The predicted octanol–water partition coefficient (Wildman–Crippen LogP) is 4.19. The van der Waals surface area contributed by atoms with Crippen molar-refractivity contribution in [2.75, 3.05) is 5.32 Å². The van der Waals surface area contributed by atoms with E-state index in [9.17, 15) is 14.0 Å². The molecule has 0 aliphatic rings. The lowest BCUT2D eigenvalue weighted by Crippen LogP contribution is -2.35. The Morgan fingerprint density at radius 3 is 2.59 bits per heavy atom. The van der Waals surface area contributed by atoms with Gasteiger partial charge in [0.25, 0.3) is 0 Å². The first-order chi connectivity index (χ1) is 12.8. The zero-order valence-corrected chi connectivity index (χ0v) is 15.0. The third-order valence-electron chi connectivity index (χ3n) is 4.16. The molecule has 0 radical (unpaired) electrons. The highest BCUT2D eigenvalue weighted by Gasteiger charge is 2.22. The van der Waals surface area contributed by atoms with Crippen LogP contribution in [0.5, 0.6) is 0 Å². The number of hydrogen-bond donors (Lipinski definition) is 3. The van der Waals surface area contributed by atoms with Gasteiger partial charge in [-0.1, -0.05) is 19.9 Å². The molecule has 0 aliphatic carbocycles. The van der Waals surface area contributed by atoms with Crippen molar-refractivity contribution in [1.82, 2.24) is 5.32 Å². The molecule has 7 heteroatoms. The van der Waals surface area contributed by atoms with E-state index in [0.29, 0.717) is 28.0 Å². The molecule has 27 heavy (non-hydrogen) atoms. The first-order valence-electron chi connectivity index (χ1n) is 8.50. The van der Waals surface area contributed by atoms with Crippen LogP contribution < -0.4 is 16.4 Å². The monoisotopic (exact) mass is 369 g/mol. The van der Waals surface area contributed by atoms with Crippen LogP contribution in [0.25, 0.3) is 11.0 Å². The molecule has 0 saturated carbocycles. The number of carbonyl (C=O) groups excluding carboxylic acids is 2. The summed E-state index contributed by atoms with van der Waals surface area (Å²) in [6.45, 7) is 3.87. The molecule has 6 nitrogen and oxygen atoms in total. The molecule has 0 saturated heterocycles. The number of hydrogen-bond acceptors (Lipinski definition) is 3. The van der Waals surface area contributed by atoms with Gasteiger partial charge < -0.3 is 20.8 Å². The summed E-state index contributed by atoms with van der Waals surface area (Å²) in [6, 6.07) is 11.5. The average molecular weight is 369 g/mol. The van der Waals surface area contributed by atoms with Crippen molar-refractivity contribution in [3.63, 3.8) is 0 Å². The molecule has 140 valence electrons. The maximum Gasteiger partial charge on any atom is 0.319 e. The number of nitrogens with one attached hydrogen (secondary N) is 2. The van der Waals surface area contributed by atoms with Crippen molar-refractivity contribution < 1.29 is 18.4 Å². The Balaban J connectivity index is 1.78. The van der Waals surface area contributed by atoms with E-state index in [-0.39, 0.29) is 11.7 Å². The van der Waals surface area contributed by atoms with Crippen molar-refractivity contribution in [1.29, 1.82) is 0 Å². The number of rotatable bonds is 5. The van der Waals surface area contributed by atoms with Crippen LogP contribution in [0.1, 0.15) is 36.0 Å². The second-order valence-electron chi connectivity index (χ2n) is 6.60. The van der Waals surface area contributed by atoms with Crippen LogP contribution in [0.2, 0.25) is 0 Å². The number of nitrogens with two attached hydrogens (primary N) is 1. The standard InChI is InChI=1S/C20H20FN3O3/c1-11(2)18(17-10-13-8-14(21)6-7-16(13)27-17)24-20(26)23-15-5-3-4-12(9-15)19(22)25/h3-11,18H,1-2H3,(H2,22,25)(H2,23,24,26)/t18-/m0/s1. The van der Waals surface area contributed by atoms with Gasteiger partial charge in [-0.3, -0.25) is 4.79 Å². The molecule has 3 aromatic rings. The molecule has 0 unspecified atom stereocenters. The van der Waals surface area contributed by atoms with Crippen LogP contribution in [-0.4, -0.2) is 11.9 Å². The molecule has 1 aromatic heterocycles. The lowest BCUT2D eigenvalue weighted by molar-refractivity contribution is 0.1000. The van der Waals surface area contributed by atoms with Gasteiger partial charge >= 0.3 is 6.03 Å². The summed E-state index contributed by atoms with van der Waals surface area (Å²) in [5.74, 6) is -0.366. The average Bonchev–Trinajstić information content (AvgIpc) is 3.02. The Labute approximate surface area is 155 Å². The highest BCUT2D eigenvalue weighted by Crippen LogP contribution is 2.29. The number of amides is 3. The quantitative estimate of drug-likeness (QED) is 0.629. The number of anilines is 1. The fourth-order valence-electron chi connectivity index (χ4n) is 2.81. The summed E-state index contributed by atoms with van der Waals surface area (Å²) in [5, 5.41) is 6.16. The van der Waals surface area contributed by atoms with Crippen LogP contribution in [0.15, 0.2) is 52.9 Å². The largest absolute Gasteiger partial charge is 0.459 e. The van der Waals surface area contributed by atoms with Gasteiger partial charge in [-0.25, -0.2) is 9.18 Å². The predicted molar refractivity (Wildman–Crippen MR) is 101 cm³/mol. The molecule has 0 bridgehead atoms. The SMILES string of the molecule is CC(C)[C@H](NC(=O)Nc1cccc(C(N)=O)c1)c1cc2cc(F)ccc2o1. The van der Waals surface area contributed by atoms with Crippen LogP contribution in [0.3, 0.4) is 0 Å². The molecular weight excluding hydrogens is 349 g/mol. The first kappa shape index (κ1) is 18.4. The minimum Gasteiger partial charge on any atom is -0.459 e. The van der Waals surface area contributed by atoms with E-state index >= 15 is 0 Å². The summed E-state index contributed by atoms with van der Waals surface area (Å²) in [4.78, 5) is 23.7. The summed E-state index contributed by atoms with van der Waals surface area (Å²) >= 11 is 0. The first-order valence-corrected chi connectivity index (χ1v) is 8.50. The zero-order valence-electron chi connectivity index (χ0n) is 15.0. The Bertz CT molecular complexity index is 997. The highest BCUT2D eigenvalue weighted by atomic mass is 19.1. The fraction of sp³-hybridized carbons (Fsp3) is 0.200. The molecule has 1 atom stereocenters. The van der Waals surface area contributed by atoms with Crippen molar-refractivity contribution >= 4 is 28.6 Å². The number of furan rings is 1. The van der Waals surface area contributed by atoms with Crippen LogP contribution in [-0.2, 0) is 0 Å². The van der Waals surface area contributed by atoms with E-state index in [1.165, 1.54) is 18.2 Å². The van der Waals surface area contributed by atoms with Gasteiger partial charge in [-0.15, -0.1) is 0 Å². The number of halogens is 1. The minimum atomic E-state index is -0.575. The molecule has 0 fully saturated rings. The van der Waals surface area contributed by atoms with Crippen molar-refractivity contribution in [3.8, 4) is 0 Å². The minimum absolute atomic E-state index is 0.0260. The molecule has 3 amide bonds. The van der Waals surface area contributed by atoms with Gasteiger partial charge in [-0.2, -0.15) is 0 Å². The summed E-state index contributed by atoms with van der Waals surface area (Å²) in [7, 11) is 0. The topological polar surface area (TPSA) is 97.4 Å². The molecule has 0 spiro atoms. The maximum atomic E-state index is 13.4. The Kier molecular flexibility index (Phi) is 5.12. The molecular formula is C20H20FN3O3. The Hall–Kier alpha value is -3.35. The lowest BCUT2D eigenvalue weighted by atomic mass is 10.0. The fourth-order valence-corrected chi connectivity index (χ4v) is 2.81. The number of urea groups is 1. The second kappa shape index (κ2) is 7.49. The van der Waals surface area contributed by atoms with E-state index in [4.69, 9.17) is 10.2 Å². The summed E-state index contributed by atoms with van der Waals surface area (Å²) in [5.41, 5.74) is 6.54. The normalized spacial score (nSPS) is 12.1. The number of fused-ring (bicyclic) bond motifs is 1. The number of carbonyl (C=O) groups is 2. The van der Waals surface area contributed by atoms with Crippen molar-refractivity contribution in [2.24, 2.45) is 11.7 Å². The smallest absolute Gasteiger partial charge is 0.319 e. The van der Waals surface area contributed by atoms with Crippen LogP contribution >= 0.6 is 0 Å². The van der Waals surface area contributed by atoms with E-state index in [1.807, 2.05) is 13.8 Å². The van der Waals surface area contributed by atoms with Crippen LogP contribution in [0, 0.1) is 11.7 Å². The highest BCUT2D eigenvalue weighted by molar-refractivity contribution is 5.96. The van der Waals surface area contributed by atoms with Crippen molar-refractivity contribution in [3.05, 3.63) is 65.7 Å². The Morgan fingerprint density at radius 1 is 1.11 bits per heavy atom. The number of primary amides is 1. The third kappa shape index (κ3) is 4.25.